The normalized spacial score (nSPS) is 20.0. The molecular formula is C26H32N8O4. The van der Waals surface area contributed by atoms with Crippen LogP contribution in [0, 0.1) is 0 Å². The van der Waals surface area contributed by atoms with E-state index in [-0.39, 0.29) is 6.09 Å². The molecule has 1 saturated heterocycles. The number of aromatic amines is 1. The number of piperazine rings is 1. The fraction of sp³-hybridized carbons (Fsp3) is 0.385. The van der Waals surface area contributed by atoms with Crippen molar-refractivity contribution in [2.75, 3.05) is 36.4 Å². The minimum absolute atomic E-state index is 0.288. The van der Waals surface area contributed by atoms with Gasteiger partial charge >= 0.3 is 11.8 Å². The van der Waals surface area contributed by atoms with Crippen molar-refractivity contribution in [2.45, 2.75) is 39.0 Å². The summed E-state index contributed by atoms with van der Waals surface area (Å²) in [5.74, 6) is 0.764. The Labute approximate surface area is 219 Å². The molecule has 1 amide bonds. The number of anilines is 2. The summed E-state index contributed by atoms with van der Waals surface area (Å²) in [7, 11) is 0. The zero-order valence-corrected chi connectivity index (χ0v) is 21.9. The summed E-state index contributed by atoms with van der Waals surface area (Å²) < 4.78 is 10.6. The first kappa shape index (κ1) is 25.3. The molecule has 2 aliphatic rings. The molecule has 2 aromatic heterocycles. The van der Waals surface area contributed by atoms with E-state index in [2.05, 4.69) is 30.5 Å². The first-order valence-electron chi connectivity index (χ1n) is 12.4. The van der Waals surface area contributed by atoms with E-state index in [1.54, 1.807) is 29.4 Å². The second-order valence-corrected chi connectivity index (χ2v) is 10.4. The van der Waals surface area contributed by atoms with Crippen molar-refractivity contribution in [2.24, 2.45) is 10.7 Å². The van der Waals surface area contributed by atoms with Gasteiger partial charge in [-0.3, -0.25) is 4.98 Å². The van der Waals surface area contributed by atoms with Crippen molar-refractivity contribution in [3.63, 3.8) is 0 Å². The van der Waals surface area contributed by atoms with Crippen molar-refractivity contribution in [3.8, 4) is 0 Å². The summed E-state index contributed by atoms with van der Waals surface area (Å²) in [4.78, 5) is 39.4. The molecule has 5 rings (SSSR count). The molecule has 12 nitrogen and oxygen atoms in total. The highest BCUT2D eigenvalue weighted by atomic mass is 16.6. The van der Waals surface area contributed by atoms with Gasteiger partial charge in [-0.05, 0) is 63.1 Å². The number of aliphatic imine (C=N–C) groups is 1. The number of carbonyl (C=O) groups excluding carboxylic acids is 1. The van der Waals surface area contributed by atoms with Gasteiger partial charge in [0.25, 0.3) is 0 Å². The lowest BCUT2D eigenvalue weighted by atomic mass is 9.92. The zero-order chi connectivity index (χ0) is 27.1. The van der Waals surface area contributed by atoms with Crippen LogP contribution in [-0.4, -0.2) is 58.7 Å². The maximum absolute atomic E-state index is 12.3. The van der Waals surface area contributed by atoms with Crippen LogP contribution in [0.5, 0.6) is 0 Å². The summed E-state index contributed by atoms with van der Waals surface area (Å²) in [5, 5.41) is 6.49. The summed E-state index contributed by atoms with van der Waals surface area (Å²) in [5.41, 5.74) is 8.51. The van der Waals surface area contributed by atoms with E-state index in [1.165, 1.54) is 0 Å². The molecular weight excluding hydrogens is 488 g/mol. The fourth-order valence-electron chi connectivity index (χ4n) is 4.37. The maximum atomic E-state index is 12.3. The van der Waals surface area contributed by atoms with E-state index in [4.69, 9.17) is 14.9 Å². The largest absolute Gasteiger partial charge is 0.444 e. The van der Waals surface area contributed by atoms with E-state index in [0.717, 1.165) is 22.6 Å². The van der Waals surface area contributed by atoms with E-state index in [1.807, 2.05) is 45.9 Å². The average Bonchev–Trinajstić information content (AvgIpc) is 3.25. The number of oxazole rings is 1. The van der Waals surface area contributed by atoms with Crippen LogP contribution in [0.2, 0.25) is 0 Å². The number of nitrogens with two attached hydrogens (primary N) is 1. The summed E-state index contributed by atoms with van der Waals surface area (Å²) in [6.45, 7) is 9.95. The molecule has 1 aromatic carbocycles. The third-order valence-electron chi connectivity index (χ3n) is 6.47. The Morgan fingerprint density at radius 2 is 1.95 bits per heavy atom. The quantitative estimate of drug-likeness (QED) is 0.408. The summed E-state index contributed by atoms with van der Waals surface area (Å²) >= 11 is 0. The molecule has 4 heterocycles. The van der Waals surface area contributed by atoms with Gasteiger partial charge in [-0.15, -0.1) is 0 Å². The Hall–Kier alpha value is -4.32. The van der Waals surface area contributed by atoms with Crippen LogP contribution in [0.3, 0.4) is 0 Å². The molecule has 1 unspecified atom stereocenters. The highest BCUT2D eigenvalue weighted by molar-refractivity contribution is 5.95. The van der Waals surface area contributed by atoms with Crippen LogP contribution in [-0.2, 0) is 10.4 Å². The number of nitrogens with zero attached hydrogens (tertiary/aromatic N) is 4. The van der Waals surface area contributed by atoms with Crippen molar-refractivity contribution in [1.29, 1.82) is 0 Å². The molecule has 0 spiro atoms. The number of hydrogen-bond donors (Lipinski definition) is 4. The third kappa shape index (κ3) is 5.21. The first-order chi connectivity index (χ1) is 18.0. The topological polar surface area (TPSA) is 154 Å². The molecule has 1 fully saturated rings. The van der Waals surface area contributed by atoms with Crippen LogP contribution in [0.1, 0.15) is 33.3 Å². The highest BCUT2D eigenvalue weighted by Crippen LogP contribution is 2.28. The van der Waals surface area contributed by atoms with Gasteiger partial charge in [0.1, 0.15) is 17.1 Å². The molecule has 5 N–H and O–H groups in total. The number of H-pyrrole nitrogens is 1. The molecule has 2 aliphatic heterocycles. The number of amides is 1. The molecule has 200 valence electrons. The smallest absolute Gasteiger partial charge is 0.417 e. The Morgan fingerprint density at radius 3 is 2.63 bits per heavy atom. The molecule has 3 aromatic rings. The Bertz CT molecular complexity index is 1460. The van der Waals surface area contributed by atoms with Crippen LogP contribution >= 0.6 is 0 Å². The van der Waals surface area contributed by atoms with Gasteiger partial charge in [-0.1, -0.05) is 6.07 Å². The van der Waals surface area contributed by atoms with E-state index in [9.17, 15) is 9.59 Å². The van der Waals surface area contributed by atoms with Crippen LogP contribution in [0.15, 0.2) is 62.5 Å². The fourth-order valence-corrected chi connectivity index (χ4v) is 4.37. The van der Waals surface area contributed by atoms with Crippen LogP contribution in [0.25, 0.3) is 11.1 Å². The number of aromatic nitrogens is 2. The molecule has 38 heavy (non-hydrogen) atoms. The minimum Gasteiger partial charge on any atom is -0.444 e. The SMILES string of the molecule is CC1=CN=C(Nc2ccc(N3CCN(C(=O)OC(C)(C)C)CC3)nc2)NC1(N)c1ccc2oc(=O)[nH]c2c1. The van der Waals surface area contributed by atoms with Gasteiger partial charge in [-0.25, -0.2) is 19.6 Å². The van der Waals surface area contributed by atoms with E-state index >= 15 is 0 Å². The van der Waals surface area contributed by atoms with Gasteiger partial charge in [0, 0.05) is 32.4 Å². The molecule has 12 heteroatoms. The Kier molecular flexibility index (Phi) is 6.35. The number of guanidine groups is 1. The molecule has 0 radical (unpaired) electrons. The lowest BCUT2D eigenvalue weighted by Gasteiger charge is -2.36. The van der Waals surface area contributed by atoms with E-state index < -0.39 is 17.0 Å². The summed E-state index contributed by atoms with van der Waals surface area (Å²) in [6, 6.07) is 9.14. The van der Waals surface area contributed by atoms with Crippen molar-refractivity contribution < 1.29 is 13.9 Å². The monoisotopic (exact) mass is 520 g/mol. The van der Waals surface area contributed by atoms with Gasteiger partial charge in [0.15, 0.2) is 5.58 Å². The van der Waals surface area contributed by atoms with Gasteiger partial charge in [0.05, 0.1) is 17.4 Å². The highest BCUT2D eigenvalue weighted by Gasteiger charge is 2.33. The van der Waals surface area contributed by atoms with Gasteiger partial charge in [0.2, 0.25) is 5.96 Å². The number of rotatable bonds is 3. The lowest BCUT2D eigenvalue weighted by Crippen LogP contribution is -2.57. The Morgan fingerprint density at radius 1 is 1.18 bits per heavy atom. The van der Waals surface area contributed by atoms with Crippen molar-refractivity contribution in [1.82, 2.24) is 20.2 Å². The number of ether oxygens (including phenoxy) is 1. The molecule has 0 saturated carbocycles. The van der Waals surface area contributed by atoms with Crippen LogP contribution < -0.4 is 27.0 Å². The maximum Gasteiger partial charge on any atom is 0.417 e. The second-order valence-electron chi connectivity index (χ2n) is 10.4. The average molecular weight is 521 g/mol. The van der Waals surface area contributed by atoms with Gasteiger partial charge < -0.3 is 35.3 Å². The number of carbonyl (C=O) groups is 1. The number of hydrogen-bond acceptors (Lipinski definition) is 10. The molecule has 0 bridgehead atoms. The standard InChI is InChI=1S/C26H32N8O4/c1-16-14-29-22(32-26(16,27)17-5-7-20-19(13-17)31-23(35)37-20)30-18-6-8-21(28-15-18)33-9-11-34(12-10-33)24(36)38-25(2,3)4/h5-8,13-15H,9-12,27H2,1-4H3,(H,31,35)(H2,29,30,32). The number of benzene rings is 1. The van der Waals surface area contributed by atoms with Crippen molar-refractivity contribution in [3.05, 3.63) is 64.4 Å². The zero-order valence-electron chi connectivity index (χ0n) is 21.9. The van der Waals surface area contributed by atoms with Gasteiger partial charge in [-0.2, -0.15) is 0 Å². The Balaban J connectivity index is 1.22. The number of fused-ring (bicyclic) bond motifs is 1. The molecule has 0 aliphatic carbocycles. The van der Waals surface area contributed by atoms with Crippen LogP contribution in [0.4, 0.5) is 16.3 Å². The lowest BCUT2D eigenvalue weighted by molar-refractivity contribution is 0.0240. The predicted molar refractivity (Wildman–Crippen MR) is 145 cm³/mol. The number of pyridine rings is 1. The minimum atomic E-state index is -1.05. The first-order valence-corrected chi connectivity index (χ1v) is 12.4. The molecule has 1 atom stereocenters. The predicted octanol–water partition coefficient (Wildman–Crippen LogP) is 2.66. The van der Waals surface area contributed by atoms with E-state index in [0.29, 0.717) is 43.2 Å². The second kappa shape index (κ2) is 9.53. The third-order valence-corrected chi connectivity index (χ3v) is 6.47. The van der Waals surface area contributed by atoms with Crippen molar-refractivity contribution >= 4 is 34.7 Å². The number of nitrogens with one attached hydrogen (secondary N) is 3. The summed E-state index contributed by atoms with van der Waals surface area (Å²) in [6.07, 6.45) is 3.14.